The van der Waals surface area contributed by atoms with Crippen LogP contribution < -0.4 is 5.43 Å². The summed E-state index contributed by atoms with van der Waals surface area (Å²) >= 11 is 1.64. The van der Waals surface area contributed by atoms with Crippen molar-refractivity contribution in [2.24, 2.45) is 10.8 Å². The molecule has 1 atom stereocenters. The summed E-state index contributed by atoms with van der Waals surface area (Å²) in [5.74, 6) is -0.0219. The van der Waals surface area contributed by atoms with Gasteiger partial charge in [0.15, 0.2) is 11.2 Å². The number of unbranched alkanes of at least 4 members (excludes halogenated alkanes) is 2. The van der Waals surface area contributed by atoms with Crippen molar-refractivity contribution in [1.82, 2.24) is 0 Å². The minimum absolute atomic E-state index is 0.00347. The molecule has 2 aromatic rings. The van der Waals surface area contributed by atoms with Gasteiger partial charge in [0.05, 0.1) is 0 Å². The number of hydrogen-bond acceptors (Lipinski definition) is 5. The normalized spacial score (nSPS) is 13.8. The Kier molecular flexibility index (Phi) is 17.1. The van der Waals surface area contributed by atoms with E-state index in [2.05, 4.69) is 27.7 Å². The molecular formula is C37H56O4S. The molecule has 5 heteroatoms. The molecule has 0 radical (unpaired) electrons. The molecule has 1 unspecified atom stereocenters. The number of ketones is 1. The lowest BCUT2D eigenvalue weighted by Gasteiger charge is -2.25. The van der Waals surface area contributed by atoms with Crippen molar-refractivity contribution in [2.45, 2.75) is 113 Å². The Hall–Kier alpha value is -2.34. The number of carbonyl (C=O) groups is 1. The Morgan fingerprint density at radius 3 is 2.21 bits per heavy atom. The first kappa shape index (κ1) is 37.7. The van der Waals surface area contributed by atoms with Gasteiger partial charge in [-0.25, -0.2) is 0 Å². The first-order valence-corrected chi connectivity index (χ1v) is 16.6. The molecule has 0 aliphatic heterocycles. The first-order valence-electron chi connectivity index (χ1n) is 15.8. The Bertz CT molecular complexity index is 1210. The molecule has 0 aliphatic rings. The monoisotopic (exact) mass is 596 g/mol. The van der Waals surface area contributed by atoms with Crippen LogP contribution in [0.25, 0.3) is 16.0 Å². The highest BCUT2D eigenvalue weighted by atomic mass is 32.1. The summed E-state index contributed by atoms with van der Waals surface area (Å²) in [5, 5.41) is 19.1. The van der Waals surface area contributed by atoms with Gasteiger partial charge in [0.2, 0.25) is 0 Å². The molecule has 4 nitrogen and oxygen atoms in total. The second kappa shape index (κ2) is 19.0. The van der Waals surface area contributed by atoms with E-state index in [4.69, 9.17) is 0 Å². The minimum Gasteiger partial charge on any atom is -0.396 e. The number of allylic oxidation sites excluding steroid dienone is 4. The van der Waals surface area contributed by atoms with Crippen LogP contribution in [-0.2, 0) is 11.2 Å². The van der Waals surface area contributed by atoms with E-state index >= 15 is 0 Å². The zero-order chi connectivity index (χ0) is 31.8. The highest BCUT2D eigenvalue weighted by Gasteiger charge is 2.20. The van der Waals surface area contributed by atoms with Crippen LogP contribution in [0.15, 0.2) is 58.9 Å². The van der Waals surface area contributed by atoms with Gasteiger partial charge >= 0.3 is 0 Å². The molecular weight excluding hydrogens is 540 g/mol. The Labute approximate surface area is 259 Å². The van der Waals surface area contributed by atoms with Crippen molar-refractivity contribution in [3.8, 4) is 10.4 Å². The predicted molar refractivity (Wildman–Crippen MR) is 182 cm³/mol. The van der Waals surface area contributed by atoms with E-state index in [1.165, 1.54) is 0 Å². The number of aliphatic hydroxyl groups is 2. The Morgan fingerprint density at radius 2 is 1.57 bits per heavy atom. The van der Waals surface area contributed by atoms with Crippen molar-refractivity contribution in [3.63, 3.8) is 0 Å². The minimum atomic E-state index is -0.0694. The van der Waals surface area contributed by atoms with Crippen LogP contribution in [0.3, 0.4) is 0 Å². The summed E-state index contributed by atoms with van der Waals surface area (Å²) in [5.41, 5.74) is 3.80. The summed E-state index contributed by atoms with van der Waals surface area (Å²) < 4.78 is 0. The highest BCUT2D eigenvalue weighted by Crippen LogP contribution is 2.33. The summed E-state index contributed by atoms with van der Waals surface area (Å²) in [7, 11) is 0. The van der Waals surface area contributed by atoms with Gasteiger partial charge < -0.3 is 10.2 Å². The SMILES string of the molecule is CC.CCC(C)(CO)CCCC/C(C)=C/C(=O)/C=C(\C)c1ccccc1-c1cc(=O)cc(CCCCC(C)(C)CO)s1. The molecule has 0 bridgehead atoms. The second-order valence-electron chi connectivity index (χ2n) is 12.4. The maximum Gasteiger partial charge on any atom is 0.181 e. The number of aryl methyl sites for hydroxylation is 1. The van der Waals surface area contributed by atoms with Crippen LogP contribution in [0.1, 0.15) is 117 Å². The van der Waals surface area contributed by atoms with Gasteiger partial charge in [-0.15, -0.1) is 11.3 Å². The zero-order valence-corrected chi connectivity index (χ0v) is 28.3. The van der Waals surface area contributed by atoms with Gasteiger partial charge in [-0.05, 0) is 105 Å². The number of benzene rings is 1. The van der Waals surface area contributed by atoms with Crippen LogP contribution in [0, 0.1) is 10.8 Å². The molecule has 42 heavy (non-hydrogen) atoms. The van der Waals surface area contributed by atoms with E-state index in [-0.39, 0.29) is 35.3 Å². The fourth-order valence-electron chi connectivity index (χ4n) is 4.78. The average Bonchev–Trinajstić information content (AvgIpc) is 2.98. The topological polar surface area (TPSA) is 74.6 Å². The smallest absolute Gasteiger partial charge is 0.181 e. The fourth-order valence-corrected chi connectivity index (χ4v) is 5.95. The molecule has 0 spiro atoms. The van der Waals surface area contributed by atoms with Crippen LogP contribution in [0.4, 0.5) is 0 Å². The van der Waals surface area contributed by atoms with Crippen molar-refractivity contribution in [1.29, 1.82) is 0 Å². The van der Waals surface area contributed by atoms with Crippen molar-refractivity contribution in [3.05, 3.63) is 74.8 Å². The fraction of sp³-hybridized carbons (Fsp3) is 0.568. The third kappa shape index (κ3) is 13.3. The maximum atomic E-state index is 12.9. The van der Waals surface area contributed by atoms with Crippen LogP contribution >= 0.6 is 11.3 Å². The molecule has 0 saturated carbocycles. The summed E-state index contributed by atoms with van der Waals surface area (Å²) in [6.45, 7) is 16.7. The number of hydrogen-bond donors (Lipinski definition) is 2. The number of rotatable bonds is 17. The van der Waals surface area contributed by atoms with Crippen molar-refractivity contribution >= 4 is 22.7 Å². The molecule has 1 heterocycles. The third-order valence-electron chi connectivity index (χ3n) is 7.97. The van der Waals surface area contributed by atoms with Crippen LogP contribution in [0.2, 0.25) is 0 Å². The molecule has 0 saturated heterocycles. The van der Waals surface area contributed by atoms with Crippen LogP contribution in [-0.4, -0.2) is 29.2 Å². The standard InChI is InChI=1S/C35H50O4S.C2H6/c1-7-35(6,25-37)19-13-10-14-26(2)20-28(38)21-27(3)31-16-8-9-17-32(31)33-23-29(39)22-30(40-33)15-11-12-18-34(4,5)24-36;1-2/h8-9,16-17,20-23,36-37H,7,10-15,18-19,24-25H2,1-6H3;1-2H3/b26-20+,27-21+;. The lowest BCUT2D eigenvalue weighted by molar-refractivity contribution is -0.110. The van der Waals surface area contributed by atoms with Gasteiger partial charge in [-0.1, -0.05) is 84.2 Å². The van der Waals surface area contributed by atoms with Gasteiger partial charge in [0.25, 0.3) is 0 Å². The molecule has 1 aromatic carbocycles. The van der Waals surface area contributed by atoms with E-state index < -0.39 is 0 Å². The molecule has 2 N–H and O–H groups in total. The quantitative estimate of drug-likeness (QED) is 0.141. The lowest BCUT2D eigenvalue weighted by Crippen LogP contribution is -2.19. The largest absolute Gasteiger partial charge is 0.396 e. The zero-order valence-electron chi connectivity index (χ0n) is 27.5. The van der Waals surface area contributed by atoms with Crippen molar-refractivity contribution in [2.75, 3.05) is 13.2 Å². The Balaban J connectivity index is 0.00000431. The number of carbonyl (C=O) groups excluding carboxylic acids is 1. The van der Waals surface area contributed by atoms with E-state index in [0.29, 0.717) is 0 Å². The summed E-state index contributed by atoms with van der Waals surface area (Å²) in [6, 6.07) is 11.4. The molecule has 234 valence electrons. The van der Waals surface area contributed by atoms with E-state index in [1.54, 1.807) is 35.6 Å². The molecule has 2 rings (SSSR count). The molecule has 0 fully saturated rings. The second-order valence-corrected chi connectivity index (χ2v) is 13.6. The predicted octanol–water partition coefficient (Wildman–Crippen LogP) is 9.42. The lowest BCUT2D eigenvalue weighted by atomic mass is 9.83. The maximum absolute atomic E-state index is 12.9. The molecule has 0 amide bonds. The highest BCUT2D eigenvalue weighted by molar-refractivity contribution is 7.15. The van der Waals surface area contributed by atoms with E-state index in [9.17, 15) is 19.8 Å². The van der Waals surface area contributed by atoms with Gasteiger partial charge in [-0.3, -0.25) is 9.59 Å². The van der Waals surface area contributed by atoms with E-state index in [1.807, 2.05) is 52.0 Å². The molecule has 1 aromatic heterocycles. The van der Waals surface area contributed by atoms with E-state index in [0.717, 1.165) is 89.8 Å². The number of aliphatic hydroxyl groups excluding tert-OH is 2. The Morgan fingerprint density at radius 1 is 0.905 bits per heavy atom. The van der Waals surface area contributed by atoms with Gasteiger partial charge in [0, 0.05) is 29.0 Å². The third-order valence-corrected chi connectivity index (χ3v) is 9.12. The summed E-state index contributed by atoms with van der Waals surface area (Å²) in [6.07, 6.45) is 12.1. The first-order chi connectivity index (χ1) is 19.9. The van der Waals surface area contributed by atoms with Crippen LogP contribution in [0.5, 0.6) is 0 Å². The van der Waals surface area contributed by atoms with Gasteiger partial charge in [-0.2, -0.15) is 0 Å². The van der Waals surface area contributed by atoms with Gasteiger partial charge in [0.1, 0.15) is 0 Å². The molecule has 0 aliphatic carbocycles. The van der Waals surface area contributed by atoms with Crippen molar-refractivity contribution < 1.29 is 15.0 Å². The summed E-state index contributed by atoms with van der Waals surface area (Å²) in [4.78, 5) is 27.4. The average molecular weight is 597 g/mol.